The van der Waals surface area contributed by atoms with Crippen LogP contribution >= 0.6 is 11.6 Å². The number of benzene rings is 1. The van der Waals surface area contributed by atoms with Gasteiger partial charge in [0.05, 0.1) is 6.54 Å². The van der Waals surface area contributed by atoms with Crippen molar-refractivity contribution < 1.29 is 9.21 Å². The highest BCUT2D eigenvalue weighted by Crippen LogP contribution is 2.17. The summed E-state index contributed by atoms with van der Waals surface area (Å²) in [5.74, 6) is 1.53. The molecule has 0 aliphatic heterocycles. The minimum absolute atomic E-state index is 0.0826. The molecule has 1 aromatic heterocycles. The average Bonchev–Trinajstić information content (AvgIpc) is 2.85. The molecular formula is C17H18ClNO2. The maximum atomic E-state index is 12.0. The zero-order valence-electron chi connectivity index (χ0n) is 12.4. The van der Waals surface area contributed by atoms with Crippen molar-refractivity contribution in [2.24, 2.45) is 0 Å². The highest BCUT2D eigenvalue weighted by molar-refractivity contribution is 6.31. The van der Waals surface area contributed by atoms with Crippen molar-refractivity contribution in [2.75, 3.05) is 7.05 Å². The van der Waals surface area contributed by atoms with Crippen molar-refractivity contribution in [3.63, 3.8) is 0 Å². The number of amides is 1. The third-order valence-corrected chi connectivity index (χ3v) is 3.59. The molecule has 3 nitrogen and oxygen atoms in total. The number of nitrogens with zero attached hydrogens (tertiary/aromatic N) is 1. The summed E-state index contributed by atoms with van der Waals surface area (Å²) in [7, 11) is 1.74. The number of hydrogen-bond donors (Lipinski definition) is 0. The van der Waals surface area contributed by atoms with Crippen molar-refractivity contribution >= 4 is 23.6 Å². The molecule has 1 amide bonds. The predicted octanol–water partition coefficient (Wildman–Crippen LogP) is 4.22. The molecule has 0 saturated carbocycles. The fourth-order valence-electron chi connectivity index (χ4n) is 1.89. The third-order valence-electron chi connectivity index (χ3n) is 3.18. The van der Waals surface area contributed by atoms with Gasteiger partial charge in [-0.05, 0) is 49.2 Å². The van der Waals surface area contributed by atoms with Gasteiger partial charge in [0, 0.05) is 18.1 Å². The van der Waals surface area contributed by atoms with Gasteiger partial charge in [0.2, 0.25) is 5.91 Å². The quantitative estimate of drug-likeness (QED) is 0.792. The molecule has 0 fully saturated rings. The number of halogens is 1. The van der Waals surface area contributed by atoms with E-state index in [0.717, 1.165) is 22.6 Å². The lowest BCUT2D eigenvalue weighted by molar-refractivity contribution is -0.125. The van der Waals surface area contributed by atoms with Crippen molar-refractivity contribution in [1.29, 1.82) is 0 Å². The van der Waals surface area contributed by atoms with E-state index in [2.05, 4.69) is 0 Å². The van der Waals surface area contributed by atoms with Crippen LogP contribution in [0, 0.1) is 13.8 Å². The van der Waals surface area contributed by atoms with Crippen LogP contribution in [-0.4, -0.2) is 17.9 Å². The fraction of sp³-hybridized carbons (Fsp3) is 0.235. The minimum Gasteiger partial charge on any atom is -0.464 e. The number of furan rings is 1. The van der Waals surface area contributed by atoms with E-state index < -0.39 is 0 Å². The van der Waals surface area contributed by atoms with Crippen LogP contribution in [0.4, 0.5) is 0 Å². The van der Waals surface area contributed by atoms with Gasteiger partial charge >= 0.3 is 0 Å². The smallest absolute Gasteiger partial charge is 0.246 e. The van der Waals surface area contributed by atoms with Crippen LogP contribution < -0.4 is 0 Å². The van der Waals surface area contributed by atoms with E-state index in [4.69, 9.17) is 16.0 Å². The van der Waals surface area contributed by atoms with E-state index in [1.54, 1.807) is 18.0 Å². The van der Waals surface area contributed by atoms with Gasteiger partial charge in [-0.25, -0.2) is 0 Å². The monoisotopic (exact) mass is 303 g/mol. The Morgan fingerprint density at radius 1 is 1.29 bits per heavy atom. The number of carbonyl (C=O) groups is 1. The van der Waals surface area contributed by atoms with Crippen LogP contribution in [0.15, 0.2) is 40.8 Å². The summed E-state index contributed by atoms with van der Waals surface area (Å²) in [5, 5.41) is 0.698. The second-order valence-corrected chi connectivity index (χ2v) is 5.46. The van der Waals surface area contributed by atoms with Crippen LogP contribution in [0.1, 0.15) is 22.6 Å². The van der Waals surface area contributed by atoms with E-state index in [0.29, 0.717) is 11.6 Å². The number of hydrogen-bond acceptors (Lipinski definition) is 2. The van der Waals surface area contributed by atoms with Crippen LogP contribution in [0.25, 0.3) is 6.08 Å². The fourth-order valence-corrected chi connectivity index (χ4v) is 2.08. The molecule has 0 N–H and O–H groups in total. The first kappa shape index (κ1) is 15.4. The number of likely N-dealkylation sites (N-methyl/N-ethyl adjacent to an activating group) is 1. The molecule has 1 heterocycles. The molecule has 0 atom stereocenters. The zero-order chi connectivity index (χ0) is 15.4. The van der Waals surface area contributed by atoms with Crippen LogP contribution in [-0.2, 0) is 11.3 Å². The lowest BCUT2D eigenvalue weighted by Gasteiger charge is -2.13. The lowest BCUT2D eigenvalue weighted by Crippen LogP contribution is -2.23. The first-order valence-corrected chi connectivity index (χ1v) is 7.08. The van der Waals surface area contributed by atoms with Crippen molar-refractivity contribution in [1.82, 2.24) is 4.90 Å². The summed E-state index contributed by atoms with van der Waals surface area (Å²) in [6, 6.07) is 9.47. The Morgan fingerprint density at radius 2 is 2.05 bits per heavy atom. The molecule has 0 bridgehead atoms. The first-order valence-electron chi connectivity index (χ1n) is 6.70. The topological polar surface area (TPSA) is 33.5 Å². The average molecular weight is 304 g/mol. The van der Waals surface area contributed by atoms with Gasteiger partial charge in [-0.15, -0.1) is 0 Å². The highest BCUT2D eigenvalue weighted by Gasteiger charge is 2.08. The standard InChI is InChI=1S/C17H18ClNO2/c1-12-4-6-14(10-16(12)18)7-9-17(20)19(3)11-15-8-5-13(2)21-15/h4-10H,11H2,1-3H3/b9-7+. The molecule has 0 aliphatic carbocycles. The molecule has 0 radical (unpaired) electrons. The molecule has 2 rings (SSSR count). The van der Waals surface area contributed by atoms with Gasteiger partial charge in [0.15, 0.2) is 0 Å². The predicted molar refractivity (Wildman–Crippen MR) is 85.1 cm³/mol. The Hall–Kier alpha value is -2.00. The van der Waals surface area contributed by atoms with Crippen LogP contribution in [0.5, 0.6) is 0 Å². The van der Waals surface area contributed by atoms with E-state index in [1.165, 1.54) is 6.08 Å². The molecule has 4 heteroatoms. The van der Waals surface area contributed by atoms with Crippen LogP contribution in [0.2, 0.25) is 5.02 Å². The summed E-state index contributed by atoms with van der Waals surface area (Å²) in [6.45, 7) is 4.28. The zero-order valence-corrected chi connectivity index (χ0v) is 13.1. The Balaban J connectivity index is 1.99. The molecule has 0 saturated heterocycles. The van der Waals surface area contributed by atoms with Gasteiger partial charge < -0.3 is 9.32 Å². The molecule has 0 aliphatic rings. The molecule has 0 spiro atoms. The molecule has 21 heavy (non-hydrogen) atoms. The Kier molecular flexibility index (Phi) is 4.86. The largest absolute Gasteiger partial charge is 0.464 e. The SMILES string of the molecule is Cc1ccc(CN(C)C(=O)/C=C/c2ccc(C)c(Cl)c2)o1. The number of rotatable bonds is 4. The van der Waals surface area contributed by atoms with E-state index in [9.17, 15) is 4.79 Å². The first-order chi connectivity index (χ1) is 9.95. The van der Waals surface area contributed by atoms with Gasteiger partial charge in [0.1, 0.15) is 11.5 Å². The maximum Gasteiger partial charge on any atom is 0.246 e. The van der Waals surface area contributed by atoms with Crippen molar-refractivity contribution in [2.45, 2.75) is 20.4 Å². The van der Waals surface area contributed by atoms with Gasteiger partial charge in [-0.1, -0.05) is 23.7 Å². The maximum absolute atomic E-state index is 12.0. The number of carbonyl (C=O) groups excluding carboxylic acids is 1. The summed E-state index contributed by atoms with van der Waals surface area (Å²) in [4.78, 5) is 13.6. The van der Waals surface area contributed by atoms with Crippen molar-refractivity contribution in [3.8, 4) is 0 Å². The Morgan fingerprint density at radius 3 is 2.67 bits per heavy atom. The molecule has 110 valence electrons. The molecule has 2 aromatic rings. The van der Waals surface area contributed by atoms with Gasteiger partial charge in [-0.3, -0.25) is 4.79 Å². The third kappa shape index (κ3) is 4.23. The number of aryl methyl sites for hydroxylation is 2. The lowest BCUT2D eigenvalue weighted by atomic mass is 10.1. The molecular weight excluding hydrogens is 286 g/mol. The second-order valence-electron chi connectivity index (χ2n) is 5.05. The highest BCUT2D eigenvalue weighted by atomic mass is 35.5. The minimum atomic E-state index is -0.0826. The molecule has 1 aromatic carbocycles. The van der Waals surface area contributed by atoms with Crippen LogP contribution in [0.3, 0.4) is 0 Å². The summed E-state index contributed by atoms with van der Waals surface area (Å²) < 4.78 is 5.46. The van der Waals surface area contributed by atoms with Gasteiger partial charge in [0.25, 0.3) is 0 Å². The van der Waals surface area contributed by atoms with Gasteiger partial charge in [-0.2, -0.15) is 0 Å². The van der Waals surface area contributed by atoms with E-state index in [1.807, 2.05) is 44.2 Å². The van der Waals surface area contributed by atoms with E-state index in [-0.39, 0.29) is 5.91 Å². The Labute approximate surface area is 129 Å². The second kappa shape index (κ2) is 6.64. The normalized spacial score (nSPS) is 11.0. The Bertz CT molecular complexity index is 673. The molecule has 0 unspecified atom stereocenters. The summed E-state index contributed by atoms with van der Waals surface area (Å²) in [5.41, 5.74) is 1.92. The summed E-state index contributed by atoms with van der Waals surface area (Å²) >= 11 is 6.06. The van der Waals surface area contributed by atoms with Crippen molar-refractivity contribution in [3.05, 3.63) is 64.1 Å². The summed E-state index contributed by atoms with van der Waals surface area (Å²) in [6.07, 6.45) is 3.30. The van der Waals surface area contributed by atoms with E-state index >= 15 is 0 Å².